The molecule has 1 aliphatic heterocycles. The first kappa shape index (κ1) is 27.3. The number of carbonyl (C=O) groups excluding carboxylic acids is 1. The van der Waals surface area contributed by atoms with Crippen molar-refractivity contribution in [2.45, 2.75) is 70.6 Å². The summed E-state index contributed by atoms with van der Waals surface area (Å²) in [5, 5.41) is 4.87. The van der Waals surface area contributed by atoms with Crippen LogP contribution >= 0.6 is 0 Å². The number of esters is 1. The molecule has 1 aliphatic carbocycles. The molecule has 3 N–H and O–H groups in total. The molecule has 4 heterocycles. The van der Waals surface area contributed by atoms with Crippen molar-refractivity contribution in [3.8, 4) is 5.88 Å². The van der Waals surface area contributed by atoms with Crippen LogP contribution in [0.5, 0.6) is 5.88 Å². The zero-order chi connectivity index (χ0) is 28.1. The van der Waals surface area contributed by atoms with Crippen LogP contribution in [0.3, 0.4) is 0 Å². The number of anilines is 2. The number of nitrogens with zero attached hydrogens (tertiary/aromatic N) is 3. The molecule has 1 fully saturated rings. The number of fused-ring (bicyclic) bond motifs is 2. The van der Waals surface area contributed by atoms with Gasteiger partial charge in [0, 0.05) is 30.1 Å². The molecule has 0 amide bonds. The van der Waals surface area contributed by atoms with Gasteiger partial charge in [0.1, 0.15) is 33.7 Å². The molecule has 208 valence electrons. The Kier molecular flexibility index (Phi) is 7.00. The molecule has 39 heavy (non-hydrogen) atoms. The Morgan fingerprint density at radius 3 is 2.59 bits per heavy atom. The lowest BCUT2D eigenvalue weighted by Gasteiger charge is -2.35. The van der Waals surface area contributed by atoms with Crippen LogP contribution < -0.4 is 15.8 Å². The van der Waals surface area contributed by atoms with Crippen molar-refractivity contribution in [3.05, 3.63) is 47.4 Å². The molecule has 0 bridgehead atoms. The lowest BCUT2D eigenvalue weighted by atomic mass is 9.84. The minimum Gasteiger partial charge on any atom is -0.474 e. The number of nitrogens with two attached hydrogens (primary N) is 1. The smallest absolute Gasteiger partial charge is 0.340 e. The third-order valence-electron chi connectivity index (χ3n) is 7.92. The molecule has 3 aromatic rings. The fourth-order valence-corrected chi connectivity index (χ4v) is 6.29. The van der Waals surface area contributed by atoms with Crippen molar-refractivity contribution in [2.24, 2.45) is 11.7 Å². The summed E-state index contributed by atoms with van der Waals surface area (Å²) >= 11 is 0. The van der Waals surface area contributed by atoms with Crippen LogP contribution in [0.1, 0.15) is 74.5 Å². The third-order valence-corrected chi connectivity index (χ3v) is 9.00. The summed E-state index contributed by atoms with van der Waals surface area (Å²) in [5.74, 6) is 1.47. The second kappa shape index (κ2) is 10.0. The highest BCUT2D eigenvalue weighted by Gasteiger charge is 2.34. The summed E-state index contributed by atoms with van der Waals surface area (Å²) in [4.78, 5) is 26.2. The predicted octanol–water partition coefficient (Wildman–Crippen LogP) is 4.22. The van der Waals surface area contributed by atoms with E-state index in [1.165, 1.54) is 6.26 Å². The van der Waals surface area contributed by atoms with Gasteiger partial charge in [-0.3, -0.25) is 0 Å². The van der Waals surface area contributed by atoms with E-state index in [9.17, 15) is 13.2 Å². The van der Waals surface area contributed by atoms with E-state index < -0.39 is 15.4 Å². The van der Waals surface area contributed by atoms with E-state index in [2.05, 4.69) is 15.3 Å². The van der Waals surface area contributed by atoms with Crippen molar-refractivity contribution < 1.29 is 22.7 Å². The van der Waals surface area contributed by atoms with E-state index in [0.29, 0.717) is 48.0 Å². The van der Waals surface area contributed by atoms with Crippen LogP contribution in [0.25, 0.3) is 10.8 Å². The number of rotatable bonds is 8. The van der Waals surface area contributed by atoms with Crippen molar-refractivity contribution in [2.75, 3.05) is 17.3 Å². The first-order valence-corrected chi connectivity index (χ1v) is 15.3. The van der Waals surface area contributed by atoms with Gasteiger partial charge in [0.05, 0.1) is 22.4 Å². The molecular weight excluding hydrogens is 518 g/mol. The average Bonchev–Trinajstić information content (AvgIpc) is 2.85. The highest BCUT2D eigenvalue weighted by atomic mass is 32.2. The third kappa shape index (κ3) is 5.56. The molecule has 3 aromatic heterocycles. The van der Waals surface area contributed by atoms with Crippen LogP contribution in [0, 0.1) is 5.92 Å². The molecule has 2 aliphatic rings. The fourth-order valence-electron chi connectivity index (χ4n) is 5.16. The monoisotopic (exact) mass is 553 g/mol. The normalized spacial score (nSPS) is 24.3. The minimum atomic E-state index is -3.01. The summed E-state index contributed by atoms with van der Waals surface area (Å²) in [6.45, 7) is 7.84. The summed E-state index contributed by atoms with van der Waals surface area (Å²) in [5.41, 5.74) is 8.06. The summed E-state index contributed by atoms with van der Waals surface area (Å²) in [6, 6.07) is 5.37. The number of hydrogen-bond acceptors (Lipinski definition) is 10. The molecule has 3 atom stereocenters. The lowest BCUT2D eigenvalue weighted by molar-refractivity contribution is 0.0235. The first-order valence-electron chi connectivity index (χ1n) is 13.3. The Bertz CT molecular complexity index is 1530. The molecule has 0 spiro atoms. The fraction of sp³-hybridized carbons (Fsp3) is 0.500. The van der Waals surface area contributed by atoms with Gasteiger partial charge in [-0.25, -0.2) is 28.2 Å². The summed E-state index contributed by atoms with van der Waals surface area (Å²) in [7, 11) is -3.01. The number of pyridine rings is 3. The maximum absolute atomic E-state index is 12.3. The maximum Gasteiger partial charge on any atom is 0.340 e. The lowest BCUT2D eigenvalue weighted by Crippen LogP contribution is -2.37. The number of cyclic esters (lactones) is 1. The van der Waals surface area contributed by atoms with E-state index >= 15 is 0 Å². The molecule has 10 nitrogen and oxygen atoms in total. The largest absolute Gasteiger partial charge is 0.474 e. The van der Waals surface area contributed by atoms with Gasteiger partial charge >= 0.3 is 5.97 Å². The van der Waals surface area contributed by atoms with Gasteiger partial charge in [-0.2, -0.15) is 0 Å². The topological polar surface area (TPSA) is 146 Å². The van der Waals surface area contributed by atoms with E-state index in [1.54, 1.807) is 24.5 Å². The Hall–Kier alpha value is -3.31. The Balaban J connectivity index is 1.45. The van der Waals surface area contributed by atoms with Gasteiger partial charge in [-0.05, 0) is 68.2 Å². The highest BCUT2D eigenvalue weighted by Crippen LogP contribution is 2.38. The maximum atomic E-state index is 12.3. The highest BCUT2D eigenvalue weighted by molar-refractivity contribution is 7.90. The Morgan fingerprint density at radius 2 is 1.90 bits per heavy atom. The van der Waals surface area contributed by atoms with Gasteiger partial charge in [-0.15, -0.1) is 0 Å². The molecule has 1 unspecified atom stereocenters. The number of aromatic nitrogens is 3. The minimum absolute atomic E-state index is 0.0348. The first-order chi connectivity index (χ1) is 18.3. The van der Waals surface area contributed by atoms with Crippen LogP contribution in [0.2, 0.25) is 0 Å². The quantitative estimate of drug-likeness (QED) is 0.389. The van der Waals surface area contributed by atoms with E-state index in [-0.39, 0.29) is 35.8 Å². The Labute approximate surface area is 228 Å². The number of carbonyl (C=O) groups is 1. The second-order valence-electron chi connectivity index (χ2n) is 11.2. The number of hydrogen-bond donors (Lipinski definition) is 2. The molecule has 11 heteroatoms. The van der Waals surface area contributed by atoms with Gasteiger partial charge in [0.25, 0.3) is 0 Å². The van der Waals surface area contributed by atoms with Crippen molar-refractivity contribution in [1.29, 1.82) is 0 Å². The second-order valence-corrected chi connectivity index (χ2v) is 13.4. The van der Waals surface area contributed by atoms with Crippen LogP contribution in [0.15, 0.2) is 30.6 Å². The molecule has 0 radical (unpaired) electrons. The number of nitrogens with one attached hydrogen (secondary N) is 1. The number of ether oxygens (including phenoxy) is 2. The van der Waals surface area contributed by atoms with Crippen molar-refractivity contribution >= 4 is 38.2 Å². The standard InChI is InChI=1S/C28H35N5O5S/c1-6-28(4,29)22-13-31-26(38-18-9-17(10-18)14-39(5,35)36)21-12-30-24(11-20(21)22)32-23-8-7-19-25(33-23)15(2)16(3)37-27(19)34/h7-8,11-13,15-18H,6,9-10,14,29H2,1-5H3,(H,30,32,33)/t15-,16-,17-,18+,28?/m0/s1. The van der Waals surface area contributed by atoms with E-state index in [1.807, 2.05) is 33.8 Å². The van der Waals surface area contributed by atoms with Crippen LogP contribution in [-0.4, -0.2) is 53.6 Å². The SMILES string of the molecule is CCC(C)(N)c1cnc(O[C@H]2C[C@@H](CS(C)(=O)=O)C2)c2cnc(Nc3ccc4c(n3)[C@@H](C)[C@H](C)OC4=O)cc12. The van der Waals surface area contributed by atoms with Crippen LogP contribution in [-0.2, 0) is 20.1 Å². The Morgan fingerprint density at radius 1 is 1.15 bits per heavy atom. The van der Waals surface area contributed by atoms with Crippen molar-refractivity contribution in [3.63, 3.8) is 0 Å². The average molecular weight is 554 g/mol. The van der Waals surface area contributed by atoms with E-state index in [0.717, 1.165) is 16.3 Å². The van der Waals surface area contributed by atoms with Gasteiger partial charge < -0.3 is 20.5 Å². The zero-order valence-corrected chi connectivity index (χ0v) is 23.7. The van der Waals surface area contributed by atoms with Gasteiger partial charge in [0.2, 0.25) is 5.88 Å². The summed E-state index contributed by atoms with van der Waals surface area (Å²) < 4.78 is 34.8. The van der Waals surface area contributed by atoms with Crippen molar-refractivity contribution in [1.82, 2.24) is 15.0 Å². The molecule has 1 saturated carbocycles. The molecule has 0 saturated heterocycles. The van der Waals surface area contributed by atoms with Gasteiger partial charge in [-0.1, -0.05) is 13.8 Å². The van der Waals surface area contributed by atoms with E-state index in [4.69, 9.17) is 20.2 Å². The van der Waals surface area contributed by atoms with Gasteiger partial charge in [0.15, 0.2) is 0 Å². The number of sulfone groups is 1. The summed E-state index contributed by atoms with van der Waals surface area (Å²) in [6.07, 6.45) is 6.41. The molecule has 0 aromatic carbocycles. The predicted molar refractivity (Wildman–Crippen MR) is 149 cm³/mol. The van der Waals surface area contributed by atoms with Crippen LogP contribution in [0.4, 0.5) is 11.6 Å². The molecular formula is C28H35N5O5S. The molecule has 5 rings (SSSR count). The zero-order valence-electron chi connectivity index (χ0n) is 22.9.